The second-order valence-corrected chi connectivity index (χ2v) is 10.1. The Kier molecular flexibility index (Phi) is 5.11. The summed E-state index contributed by atoms with van der Waals surface area (Å²) in [5.74, 6) is 0.945. The zero-order chi connectivity index (χ0) is 18.2. The van der Waals surface area contributed by atoms with Crippen LogP contribution in [0, 0.1) is 5.92 Å². The van der Waals surface area contributed by atoms with Crippen molar-refractivity contribution in [2.75, 3.05) is 23.5 Å². The van der Waals surface area contributed by atoms with E-state index in [-0.39, 0.29) is 34.6 Å². The lowest BCUT2D eigenvalue weighted by Gasteiger charge is -2.24. The zero-order valence-electron chi connectivity index (χ0n) is 14.5. The number of amidine groups is 1. The number of carbonyl (C=O) groups is 1. The number of benzene rings is 1. The molecule has 0 unspecified atom stereocenters. The molecular formula is C17H22N2O4S2. The molecule has 0 aliphatic carbocycles. The molecule has 2 fully saturated rings. The average Bonchev–Trinajstić information content (AvgIpc) is 2.97. The van der Waals surface area contributed by atoms with Crippen molar-refractivity contribution in [3.8, 4) is 5.75 Å². The van der Waals surface area contributed by atoms with Crippen molar-refractivity contribution in [2.24, 2.45) is 10.9 Å². The van der Waals surface area contributed by atoms with E-state index in [0.717, 1.165) is 5.69 Å². The molecular weight excluding hydrogens is 360 g/mol. The Bertz CT molecular complexity index is 805. The molecule has 2 saturated heterocycles. The molecule has 25 heavy (non-hydrogen) atoms. The molecule has 2 heterocycles. The number of aliphatic imine (C=N–C) groups is 1. The maximum Gasteiger partial charge on any atom is 0.248 e. The molecule has 0 N–H and O–H groups in total. The van der Waals surface area contributed by atoms with Crippen molar-refractivity contribution >= 4 is 38.4 Å². The van der Waals surface area contributed by atoms with Gasteiger partial charge in [-0.25, -0.2) is 8.42 Å². The topological polar surface area (TPSA) is 76.0 Å². The summed E-state index contributed by atoms with van der Waals surface area (Å²) in [6.45, 7) is 3.95. The van der Waals surface area contributed by atoms with Gasteiger partial charge in [-0.05, 0) is 18.1 Å². The van der Waals surface area contributed by atoms with Crippen LogP contribution >= 0.6 is 11.8 Å². The lowest BCUT2D eigenvalue weighted by molar-refractivity contribution is -0.118. The van der Waals surface area contributed by atoms with Crippen LogP contribution in [0.1, 0.15) is 20.3 Å². The number of anilines is 1. The molecule has 0 saturated carbocycles. The highest BCUT2D eigenvalue weighted by atomic mass is 32.2. The Morgan fingerprint density at radius 1 is 1.40 bits per heavy atom. The van der Waals surface area contributed by atoms with Crippen molar-refractivity contribution in [2.45, 2.75) is 31.6 Å². The first kappa shape index (κ1) is 18.3. The summed E-state index contributed by atoms with van der Waals surface area (Å²) in [5.41, 5.74) is 0.799. The van der Waals surface area contributed by atoms with Crippen molar-refractivity contribution in [1.82, 2.24) is 0 Å². The van der Waals surface area contributed by atoms with Gasteiger partial charge in [0, 0.05) is 23.4 Å². The number of sulfone groups is 1. The van der Waals surface area contributed by atoms with Crippen molar-refractivity contribution in [1.29, 1.82) is 0 Å². The maximum absolute atomic E-state index is 12.2. The highest BCUT2D eigenvalue weighted by Crippen LogP contribution is 2.41. The van der Waals surface area contributed by atoms with E-state index in [2.05, 4.69) is 4.99 Å². The normalized spacial score (nSPS) is 26.2. The monoisotopic (exact) mass is 382 g/mol. The maximum atomic E-state index is 12.2. The number of hydrogen-bond acceptors (Lipinski definition) is 5. The van der Waals surface area contributed by atoms with Gasteiger partial charge in [0.1, 0.15) is 5.75 Å². The molecule has 2 aliphatic rings. The third kappa shape index (κ3) is 4.00. The lowest BCUT2D eigenvalue weighted by atomic mass is 10.1. The van der Waals surface area contributed by atoms with Crippen LogP contribution in [0.25, 0.3) is 0 Å². The minimum atomic E-state index is -3.07. The third-order valence-electron chi connectivity index (χ3n) is 4.20. The van der Waals surface area contributed by atoms with Gasteiger partial charge in [-0.15, -0.1) is 0 Å². The van der Waals surface area contributed by atoms with E-state index < -0.39 is 9.84 Å². The zero-order valence-corrected chi connectivity index (χ0v) is 16.1. The van der Waals surface area contributed by atoms with Gasteiger partial charge in [0.2, 0.25) is 5.91 Å². The van der Waals surface area contributed by atoms with E-state index in [1.807, 2.05) is 43.0 Å². The molecule has 0 bridgehead atoms. The van der Waals surface area contributed by atoms with Crippen LogP contribution in [0.15, 0.2) is 29.3 Å². The molecule has 0 spiro atoms. The fourth-order valence-corrected chi connectivity index (χ4v) is 7.06. The smallest absolute Gasteiger partial charge is 0.248 e. The molecule has 1 aromatic carbocycles. The second-order valence-electron chi connectivity index (χ2n) is 6.76. The first-order valence-corrected chi connectivity index (χ1v) is 10.9. The number of nitrogens with zero attached hydrogens (tertiary/aromatic N) is 2. The van der Waals surface area contributed by atoms with Gasteiger partial charge in [-0.3, -0.25) is 4.79 Å². The lowest BCUT2D eigenvalue weighted by Crippen LogP contribution is -2.37. The van der Waals surface area contributed by atoms with E-state index in [4.69, 9.17) is 4.74 Å². The highest BCUT2D eigenvalue weighted by molar-refractivity contribution is 8.16. The number of rotatable bonds is 4. The van der Waals surface area contributed by atoms with Crippen LogP contribution in [0.5, 0.6) is 5.75 Å². The molecule has 0 aromatic heterocycles. The van der Waals surface area contributed by atoms with Gasteiger partial charge >= 0.3 is 0 Å². The molecule has 6 nitrogen and oxygen atoms in total. The first-order chi connectivity index (χ1) is 11.8. The molecule has 1 amide bonds. The van der Waals surface area contributed by atoms with E-state index in [9.17, 15) is 13.2 Å². The minimum Gasteiger partial charge on any atom is -0.497 e. The van der Waals surface area contributed by atoms with E-state index >= 15 is 0 Å². The number of carbonyl (C=O) groups excluding carboxylic acids is 1. The Morgan fingerprint density at radius 3 is 2.84 bits per heavy atom. The van der Waals surface area contributed by atoms with Crippen molar-refractivity contribution < 1.29 is 17.9 Å². The quantitative estimate of drug-likeness (QED) is 0.796. The second kappa shape index (κ2) is 6.99. The molecule has 8 heteroatoms. The van der Waals surface area contributed by atoms with Crippen LogP contribution in [-0.2, 0) is 14.6 Å². The largest absolute Gasteiger partial charge is 0.497 e. The molecule has 2 atom stereocenters. The van der Waals surface area contributed by atoms with Crippen LogP contribution in [-0.4, -0.2) is 49.4 Å². The Labute approximate surface area is 152 Å². The first-order valence-electron chi connectivity index (χ1n) is 8.21. The number of ether oxygens (including phenoxy) is 1. The fraction of sp³-hybridized carbons (Fsp3) is 0.529. The Hall–Kier alpha value is -1.54. The molecule has 136 valence electrons. The van der Waals surface area contributed by atoms with Crippen molar-refractivity contribution in [3.05, 3.63) is 24.3 Å². The Morgan fingerprint density at radius 2 is 2.16 bits per heavy atom. The molecule has 1 aromatic rings. The van der Waals surface area contributed by atoms with Crippen LogP contribution in [0.3, 0.4) is 0 Å². The van der Waals surface area contributed by atoms with Gasteiger partial charge in [-0.2, -0.15) is 4.99 Å². The van der Waals surface area contributed by atoms with Gasteiger partial charge in [0.05, 0.1) is 24.7 Å². The summed E-state index contributed by atoms with van der Waals surface area (Å²) >= 11 is 1.39. The van der Waals surface area contributed by atoms with Gasteiger partial charge in [0.15, 0.2) is 15.0 Å². The summed E-state index contributed by atoms with van der Waals surface area (Å²) in [6, 6.07) is 7.21. The van der Waals surface area contributed by atoms with E-state index in [0.29, 0.717) is 17.3 Å². The predicted octanol–water partition coefficient (Wildman–Crippen LogP) is 2.34. The SMILES string of the molecule is COc1cccc(N2C(=NC(=O)CC(C)C)S[C@@H]3CS(=O)(=O)C[C@H]32)c1. The molecule has 2 aliphatic heterocycles. The number of methoxy groups -OCH3 is 1. The number of amides is 1. The number of thioether (sulfide) groups is 1. The van der Waals surface area contributed by atoms with E-state index in [1.165, 1.54) is 11.8 Å². The van der Waals surface area contributed by atoms with Crippen LogP contribution in [0.2, 0.25) is 0 Å². The third-order valence-corrected chi connectivity index (χ3v) is 7.41. The standard InChI is InChI=1S/C17H22N2O4S2/c1-11(2)7-16(20)18-17-19(12-5-4-6-13(8-12)23-3)14-9-25(21,22)10-15(14)24-17/h4-6,8,11,14-15H,7,9-10H2,1-3H3/t14-,15-/m1/s1. The molecule has 0 radical (unpaired) electrons. The average molecular weight is 383 g/mol. The van der Waals surface area contributed by atoms with Crippen molar-refractivity contribution in [3.63, 3.8) is 0 Å². The van der Waals surface area contributed by atoms with Gasteiger partial charge in [0.25, 0.3) is 0 Å². The minimum absolute atomic E-state index is 0.0826. The highest BCUT2D eigenvalue weighted by Gasteiger charge is 2.49. The Balaban J connectivity index is 1.97. The van der Waals surface area contributed by atoms with Gasteiger partial charge in [-0.1, -0.05) is 31.7 Å². The van der Waals surface area contributed by atoms with E-state index in [1.54, 1.807) is 7.11 Å². The van der Waals surface area contributed by atoms with Gasteiger partial charge < -0.3 is 9.64 Å². The summed E-state index contributed by atoms with van der Waals surface area (Å²) in [5, 5.41) is 0.491. The van der Waals surface area contributed by atoms with Crippen LogP contribution < -0.4 is 9.64 Å². The van der Waals surface area contributed by atoms with Crippen LogP contribution in [0.4, 0.5) is 5.69 Å². The summed E-state index contributed by atoms with van der Waals surface area (Å²) in [4.78, 5) is 18.4. The summed E-state index contributed by atoms with van der Waals surface area (Å²) in [6.07, 6.45) is 0.379. The predicted molar refractivity (Wildman–Crippen MR) is 101 cm³/mol. The molecule has 3 rings (SSSR count). The fourth-order valence-electron chi connectivity index (χ4n) is 3.13. The number of fused-ring (bicyclic) bond motifs is 1. The summed E-state index contributed by atoms with van der Waals surface area (Å²) < 4.78 is 29.4. The summed E-state index contributed by atoms with van der Waals surface area (Å²) in [7, 11) is -1.48. The number of hydrogen-bond donors (Lipinski definition) is 0.